The second-order valence-electron chi connectivity index (χ2n) is 5.01. The number of ether oxygens (including phenoxy) is 2. The summed E-state index contributed by atoms with van der Waals surface area (Å²) in [6.07, 6.45) is 8.70. The molecule has 0 aromatic heterocycles. The van der Waals surface area contributed by atoms with E-state index < -0.39 is 0 Å². The van der Waals surface area contributed by atoms with Crippen molar-refractivity contribution in [2.24, 2.45) is 5.41 Å². The lowest BCUT2D eigenvalue weighted by Crippen LogP contribution is -2.35. The van der Waals surface area contributed by atoms with E-state index in [0.29, 0.717) is 6.61 Å². The first-order chi connectivity index (χ1) is 8.25. The highest BCUT2D eigenvalue weighted by molar-refractivity contribution is 5.76. The molecule has 0 radical (unpaired) electrons. The fourth-order valence-electron chi connectivity index (χ4n) is 2.78. The molecule has 3 heteroatoms. The van der Waals surface area contributed by atoms with Crippen molar-refractivity contribution in [1.82, 2.24) is 0 Å². The summed E-state index contributed by atoms with van der Waals surface area (Å²) in [7, 11) is 1.72. The molecule has 1 aliphatic rings. The lowest BCUT2D eigenvalue weighted by Gasteiger charge is -2.34. The summed E-state index contributed by atoms with van der Waals surface area (Å²) in [5, 5.41) is 0. The van der Waals surface area contributed by atoms with Gasteiger partial charge in [-0.25, -0.2) is 0 Å². The predicted octanol–water partition coefficient (Wildman–Crippen LogP) is 3.32. The van der Waals surface area contributed by atoms with Crippen molar-refractivity contribution in [3.8, 4) is 0 Å². The molecule has 1 aliphatic carbocycles. The molecule has 0 aliphatic heterocycles. The zero-order valence-electron chi connectivity index (χ0n) is 11.3. The van der Waals surface area contributed by atoms with Gasteiger partial charge < -0.3 is 9.47 Å². The Bertz CT molecular complexity index is 220. The van der Waals surface area contributed by atoms with Crippen molar-refractivity contribution in [3.63, 3.8) is 0 Å². The number of methoxy groups -OCH3 is 1. The third-order valence-electron chi connectivity index (χ3n) is 3.77. The monoisotopic (exact) mass is 242 g/mol. The quantitative estimate of drug-likeness (QED) is 0.507. The number of carbonyl (C=O) groups is 1. The lowest BCUT2D eigenvalue weighted by atomic mass is 9.71. The third kappa shape index (κ3) is 4.30. The summed E-state index contributed by atoms with van der Waals surface area (Å²) in [4.78, 5) is 12.1. The number of hydrogen-bond acceptors (Lipinski definition) is 3. The lowest BCUT2D eigenvalue weighted by molar-refractivity contribution is -0.158. The maximum atomic E-state index is 12.1. The number of carbonyl (C=O) groups excluding carboxylic acids is 1. The van der Waals surface area contributed by atoms with E-state index >= 15 is 0 Å². The van der Waals surface area contributed by atoms with Crippen LogP contribution in [0.5, 0.6) is 0 Å². The molecule has 17 heavy (non-hydrogen) atoms. The Morgan fingerprint density at radius 3 is 2.47 bits per heavy atom. The average Bonchev–Trinajstić information content (AvgIpc) is 2.36. The molecular formula is C14H26O3. The Hall–Kier alpha value is -0.570. The molecular weight excluding hydrogens is 216 g/mol. The maximum absolute atomic E-state index is 12.1. The molecule has 0 bridgehead atoms. The van der Waals surface area contributed by atoms with Gasteiger partial charge in [0.05, 0.1) is 12.0 Å². The van der Waals surface area contributed by atoms with Crippen molar-refractivity contribution < 1.29 is 14.3 Å². The van der Waals surface area contributed by atoms with E-state index in [9.17, 15) is 4.79 Å². The molecule has 0 spiro atoms. The molecule has 1 fully saturated rings. The van der Waals surface area contributed by atoms with Gasteiger partial charge >= 0.3 is 5.97 Å². The van der Waals surface area contributed by atoms with Gasteiger partial charge in [0.25, 0.3) is 0 Å². The highest BCUT2D eigenvalue weighted by Gasteiger charge is 2.39. The largest absolute Gasteiger partial charge is 0.466 e. The first-order valence-corrected chi connectivity index (χ1v) is 6.91. The van der Waals surface area contributed by atoms with Gasteiger partial charge in [-0.1, -0.05) is 25.7 Å². The molecule has 3 nitrogen and oxygen atoms in total. The van der Waals surface area contributed by atoms with Crippen LogP contribution in [0.2, 0.25) is 0 Å². The molecule has 1 rings (SSSR count). The summed E-state index contributed by atoms with van der Waals surface area (Å²) in [6, 6.07) is 0. The van der Waals surface area contributed by atoms with Gasteiger partial charge in [0.1, 0.15) is 0 Å². The first kappa shape index (κ1) is 14.5. The van der Waals surface area contributed by atoms with Crippen LogP contribution in [-0.4, -0.2) is 26.3 Å². The minimum absolute atomic E-state index is 0.0390. The van der Waals surface area contributed by atoms with Gasteiger partial charge in [0.15, 0.2) is 0 Å². The third-order valence-corrected chi connectivity index (χ3v) is 3.77. The minimum Gasteiger partial charge on any atom is -0.466 e. The zero-order valence-corrected chi connectivity index (χ0v) is 11.3. The van der Waals surface area contributed by atoms with Crippen LogP contribution in [0.15, 0.2) is 0 Å². The number of esters is 1. The molecule has 0 aromatic carbocycles. The Balaban J connectivity index is 2.49. The fourth-order valence-corrected chi connectivity index (χ4v) is 2.78. The minimum atomic E-state index is -0.179. The van der Waals surface area contributed by atoms with Crippen LogP contribution >= 0.6 is 0 Å². The highest BCUT2D eigenvalue weighted by atomic mass is 16.5. The number of unbranched alkanes of at least 4 members (excludes halogenated alkanes) is 1. The predicted molar refractivity (Wildman–Crippen MR) is 67.9 cm³/mol. The van der Waals surface area contributed by atoms with Crippen molar-refractivity contribution in [1.29, 1.82) is 0 Å². The molecule has 0 N–H and O–H groups in total. The number of hydrogen-bond donors (Lipinski definition) is 0. The standard InChI is InChI=1S/C14H26O3/c1-3-17-13(15)14(9-5-4-6-10-14)11-7-8-12-16-2/h3-12H2,1-2H3. The average molecular weight is 242 g/mol. The highest BCUT2D eigenvalue weighted by Crippen LogP contribution is 2.41. The van der Waals surface area contributed by atoms with Gasteiger partial charge in [-0.15, -0.1) is 0 Å². The van der Waals surface area contributed by atoms with Gasteiger partial charge in [0.2, 0.25) is 0 Å². The SMILES string of the molecule is CCOC(=O)C1(CCCCOC)CCCCC1. The van der Waals surface area contributed by atoms with Crippen LogP contribution in [0.25, 0.3) is 0 Å². The molecule has 0 atom stereocenters. The Kier molecular flexibility index (Phi) is 6.56. The summed E-state index contributed by atoms with van der Waals surface area (Å²) in [5.74, 6) is 0.0390. The van der Waals surface area contributed by atoms with E-state index in [1.54, 1.807) is 7.11 Å². The summed E-state index contributed by atoms with van der Waals surface area (Å²) >= 11 is 0. The van der Waals surface area contributed by atoms with Gasteiger partial charge in [-0.2, -0.15) is 0 Å². The summed E-state index contributed by atoms with van der Waals surface area (Å²) < 4.78 is 10.3. The normalized spacial score (nSPS) is 18.9. The molecule has 0 saturated heterocycles. The summed E-state index contributed by atoms with van der Waals surface area (Å²) in [6.45, 7) is 3.18. The summed E-state index contributed by atoms with van der Waals surface area (Å²) in [5.41, 5.74) is -0.179. The van der Waals surface area contributed by atoms with Crippen LogP contribution in [0, 0.1) is 5.41 Å². The van der Waals surface area contributed by atoms with E-state index in [4.69, 9.17) is 9.47 Å². The van der Waals surface area contributed by atoms with E-state index in [-0.39, 0.29) is 11.4 Å². The molecule has 0 heterocycles. The number of rotatable bonds is 7. The van der Waals surface area contributed by atoms with Crippen molar-refractivity contribution in [2.75, 3.05) is 20.3 Å². The Morgan fingerprint density at radius 2 is 1.88 bits per heavy atom. The second kappa shape index (κ2) is 7.70. The molecule has 1 saturated carbocycles. The Labute approximate surface area is 105 Å². The van der Waals surface area contributed by atoms with E-state index in [1.807, 2.05) is 6.92 Å². The van der Waals surface area contributed by atoms with Crippen molar-refractivity contribution >= 4 is 5.97 Å². The van der Waals surface area contributed by atoms with E-state index in [0.717, 1.165) is 38.7 Å². The maximum Gasteiger partial charge on any atom is 0.312 e. The molecule has 0 unspecified atom stereocenters. The van der Waals surface area contributed by atoms with Crippen molar-refractivity contribution in [3.05, 3.63) is 0 Å². The smallest absolute Gasteiger partial charge is 0.312 e. The molecule has 0 aromatic rings. The van der Waals surface area contributed by atoms with Crippen LogP contribution in [0.1, 0.15) is 58.3 Å². The zero-order chi connectivity index (χ0) is 12.6. The Morgan fingerprint density at radius 1 is 1.18 bits per heavy atom. The van der Waals surface area contributed by atoms with Crippen LogP contribution in [0.4, 0.5) is 0 Å². The topological polar surface area (TPSA) is 35.5 Å². The fraction of sp³-hybridized carbons (Fsp3) is 0.929. The molecule has 100 valence electrons. The van der Waals surface area contributed by atoms with Gasteiger partial charge in [-0.05, 0) is 32.6 Å². The van der Waals surface area contributed by atoms with Crippen LogP contribution < -0.4 is 0 Å². The van der Waals surface area contributed by atoms with E-state index in [2.05, 4.69) is 0 Å². The van der Waals surface area contributed by atoms with Crippen LogP contribution in [-0.2, 0) is 14.3 Å². The second-order valence-corrected chi connectivity index (χ2v) is 5.01. The van der Waals surface area contributed by atoms with E-state index in [1.165, 1.54) is 19.3 Å². The van der Waals surface area contributed by atoms with Gasteiger partial charge in [0, 0.05) is 13.7 Å². The molecule has 0 amide bonds. The van der Waals surface area contributed by atoms with Crippen LogP contribution in [0.3, 0.4) is 0 Å². The van der Waals surface area contributed by atoms with Gasteiger partial charge in [-0.3, -0.25) is 4.79 Å². The first-order valence-electron chi connectivity index (χ1n) is 6.91. The van der Waals surface area contributed by atoms with Crippen molar-refractivity contribution in [2.45, 2.75) is 58.3 Å².